The van der Waals surface area contributed by atoms with Crippen LogP contribution in [0, 0.1) is 0 Å². The van der Waals surface area contributed by atoms with Gasteiger partial charge in [0.15, 0.2) is 0 Å². The lowest BCUT2D eigenvalue weighted by molar-refractivity contribution is 0.0630. The fraction of sp³-hybridized carbons (Fsp3) is 1.00. The van der Waals surface area contributed by atoms with Gasteiger partial charge in [-0.25, -0.2) is 0 Å². The predicted molar refractivity (Wildman–Crippen MR) is 67.8 cm³/mol. The number of hydrogen-bond donors (Lipinski definition) is 2. The Morgan fingerprint density at radius 1 is 1.24 bits per heavy atom. The molecule has 1 fully saturated rings. The summed E-state index contributed by atoms with van der Waals surface area (Å²) in [5.41, 5.74) is -0.507. The van der Waals surface area contributed by atoms with Crippen LogP contribution in [-0.4, -0.2) is 42.6 Å². The van der Waals surface area contributed by atoms with Crippen LogP contribution in [0.5, 0.6) is 0 Å². The number of aliphatic hydroxyl groups is 1. The monoisotopic (exact) mass is 264 g/mol. The summed E-state index contributed by atoms with van der Waals surface area (Å²) in [6.45, 7) is 5.40. The molecule has 0 aromatic rings. The van der Waals surface area contributed by atoms with E-state index in [1.807, 2.05) is 0 Å². The summed E-state index contributed by atoms with van der Waals surface area (Å²) in [7, 11) is -1.99. The molecule has 0 bridgehead atoms. The highest BCUT2D eigenvalue weighted by atomic mass is 32.2. The van der Waals surface area contributed by atoms with Gasteiger partial charge in [0.2, 0.25) is 0 Å². The Labute approximate surface area is 104 Å². The number of hydrogen-bond acceptors (Lipinski definition) is 3. The molecule has 0 saturated heterocycles. The van der Waals surface area contributed by atoms with E-state index in [0.29, 0.717) is 6.42 Å². The average Bonchev–Trinajstić information content (AvgIpc) is 2.13. The van der Waals surface area contributed by atoms with Crippen LogP contribution in [0.3, 0.4) is 0 Å². The van der Waals surface area contributed by atoms with Crippen LogP contribution in [-0.2, 0) is 10.2 Å². The molecule has 0 heterocycles. The van der Waals surface area contributed by atoms with E-state index in [9.17, 15) is 13.5 Å². The van der Waals surface area contributed by atoms with E-state index in [1.54, 1.807) is 20.8 Å². The Morgan fingerprint density at radius 2 is 1.76 bits per heavy atom. The quantitative estimate of drug-likeness (QED) is 0.794. The lowest BCUT2D eigenvalue weighted by Gasteiger charge is -2.35. The summed E-state index contributed by atoms with van der Waals surface area (Å²) in [6, 6.07) is -0.302. The van der Waals surface area contributed by atoms with E-state index in [2.05, 4.69) is 4.72 Å². The zero-order valence-electron chi connectivity index (χ0n) is 11.1. The second-order valence-electron chi connectivity index (χ2n) is 5.79. The van der Waals surface area contributed by atoms with Gasteiger partial charge in [-0.05, 0) is 33.6 Å². The van der Waals surface area contributed by atoms with E-state index < -0.39 is 21.9 Å². The number of likely N-dealkylation sites (N-methyl/N-ethyl adjacent to an activating group) is 1. The average molecular weight is 264 g/mol. The molecule has 0 aromatic carbocycles. The molecule has 1 rings (SSSR count). The second kappa shape index (κ2) is 5.22. The smallest absolute Gasteiger partial charge is 0.280 e. The summed E-state index contributed by atoms with van der Waals surface area (Å²) >= 11 is 0. The molecule has 5 nitrogen and oxygen atoms in total. The number of nitrogens with one attached hydrogen (secondary N) is 1. The minimum atomic E-state index is -3.53. The minimum absolute atomic E-state index is 0.302. The van der Waals surface area contributed by atoms with Crippen LogP contribution in [0.25, 0.3) is 0 Å². The Bertz CT molecular complexity index is 348. The molecular formula is C11H24N2O3S. The normalized spacial score (nSPS) is 27.4. The number of aliphatic hydroxyl groups excluding tert-OH is 1. The van der Waals surface area contributed by atoms with Gasteiger partial charge in [0.25, 0.3) is 10.2 Å². The van der Waals surface area contributed by atoms with Crippen LogP contribution in [0.2, 0.25) is 0 Å². The largest absolute Gasteiger partial charge is 0.391 e. The lowest BCUT2D eigenvalue weighted by atomic mass is 9.93. The summed E-state index contributed by atoms with van der Waals surface area (Å²) < 4.78 is 28.1. The van der Waals surface area contributed by atoms with E-state index in [-0.39, 0.29) is 6.04 Å². The van der Waals surface area contributed by atoms with Gasteiger partial charge in [0.05, 0.1) is 12.1 Å². The number of nitrogens with zero attached hydrogens (tertiary/aromatic N) is 1. The first-order valence-corrected chi connectivity index (χ1v) is 7.52. The maximum absolute atomic E-state index is 12.1. The third-order valence-electron chi connectivity index (χ3n) is 2.98. The molecule has 1 aliphatic rings. The molecule has 6 heteroatoms. The van der Waals surface area contributed by atoms with Crippen LogP contribution in [0.4, 0.5) is 0 Å². The van der Waals surface area contributed by atoms with Gasteiger partial charge in [0, 0.05) is 12.6 Å². The zero-order chi connectivity index (χ0) is 13.3. The summed E-state index contributed by atoms with van der Waals surface area (Å²) in [5.74, 6) is 0. The highest BCUT2D eigenvalue weighted by molar-refractivity contribution is 7.87. The van der Waals surface area contributed by atoms with Crippen LogP contribution >= 0.6 is 0 Å². The molecule has 102 valence electrons. The predicted octanol–water partition coefficient (Wildman–Crippen LogP) is 0.855. The Balaban J connectivity index is 2.77. The van der Waals surface area contributed by atoms with Crippen molar-refractivity contribution in [1.82, 2.24) is 9.03 Å². The highest BCUT2D eigenvalue weighted by Gasteiger charge is 2.34. The van der Waals surface area contributed by atoms with Crippen molar-refractivity contribution in [3.63, 3.8) is 0 Å². The summed E-state index contributed by atoms with van der Waals surface area (Å²) in [4.78, 5) is 0. The van der Waals surface area contributed by atoms with Gasteiger partial charge in [-0.3, -0.25) is 0 Å². The first-order valence-electron chi connectivity index (χ1n) is 6.08. The van der Waals surface area contributed by atoms with Gasteiger partial charge >= 0.3 is 0 Å². The van der Waals surface area contributed by atoms with E-state index >= 15 is 0 Å². The van der Waals surface area contributed by atoms with Crippen molar-refractivity contribution in [1.29, 1.82) is 0 Å². The highest BCUT2D eigenvalue weighted by Crippen LogP contribution is 2.24. The molecule has 0 amide bonds. The van der Waals surface area contributed by atoms with Crippen molar-refractivity contribution in [2.45, 2.75) is 64.1 Å². The minimum Gasteiger partial charge on any atom is -0.391 e. The van der Waals surface area contributed by atoms with Crippen LogP contribution in [0.1, 0.15) is 46.5 Å². The Morgan fingerprint density at radius 3 is 2.24 bits per heavy atom. The molecule has 1 saturated carbocycles. The second-order valence-corrected chi connectivity index (χ2v) is 7.52. The molecular weight excluding hydrogens is 240 g/mol. The van der Waals surface area contributed by atoms with Gasteiger partial charge in [-0.15, -0.1) is 0 Å². The van der Waals surface area contributed by atoms with Gasteiger partial charge in [0.1, 0.15) is 0 Å². The van der Waals surface area contributed by atoms with Crippen LogP contribution in [0.15, 0.2) is 0 Å². The maximum Gasteiger partial charge on any atom is 0.280 e. The van der Waals surface area contributed by atoms with Crippen LogP contribution < -0.4 is 4.72 Å². The van der Waals surface area contributed by atoms with Gasteiger partial charge in [-0.2, -0.15) is 17.4 Å². The number of rotatable bonds is 3. The van der Waals surface area contributed by atoms with E-state index in [0.717, 1.165) is 19.3 Å². The van der Waals surface area contributed by atoms with Crippen molar-refractivity contribution in [3.05, 3.63) is 0 Å². The molecule has 0 aromatic heterocycles. The van der Waals surface area contributed by atoms with Crippen molar-refractivity contribution in [2.75, 3.05) is 7.05 Å². The van der Waals surface area contributed by atoms with Crippen molar-refractivity contribution in [2.24, 2.45) is 0 Å². The fourth-order valence-electron chi connectivity index (χ4n) is 2.15. The van der Waals surface area contributed by atoms with E-state index in [4.69, 9.17) is 0 Å². The van der Waals surface area contributed by atoms with E-state index in [1.165, 1.54) is 11.4 Å². The molecule has 0 radical (unpaired) electrons. The molecule has 2 N–H and O–H groups in total. The van der Waals surface area contributed by atoms with Crippen molar-refractivity contribution < 1.29 is 13.5 Å². The molecule has 0 aliphatic heterocycles. The molecule has 2 atom stereocenters. The van der Waals surface area contributed by atoms with Gasteiger partial charge < -0.3 is 5.11 Å². The lowest BCUT2D eigenvalue weighted by Crippen LogP contribution is -2.54. The topological polar surface area (TPSA) is 69.6 Å². The van der Waals surface area contributed by atoms with Gasteiger partial charge in [-0.1, -0.05) is 12.8 Å². The molecule has 2 unspecified atom stereocenters. The summed E-state index contributed by atoms with van der Waals surface area (Å²) in [6.07, 6.45) is 2.79. The first-order chi connectivity index (χ1) is 7.63. The standard InChI is InChI=1S/C11H24N2O3S/c1-11(2,3)12-17(15,16)13(4)9-7-5-6-8-10(9)14/h9-10,12,14H,5-8H2,1-4H3. The SMILES string of the molecule is CN(C1CCCCC1O)S(=O)(=O)NC(C)(C)C. The maximum atomic E-state index is 12.1. The third-order valence-corrected chi connectivity index (χ3v) is 4.87. The van der Waals surface area contributed by atoms with Crippen molar-refractivity contribution in [3.8, 4) is 0 Å². The first kappa shape index (κ1) is 14.9. The fourth-order valence-corrected chi connectivity index (χ4v) is 3.67. The Kier molecular flexibility index (Phi) is 4.57. The third kappa shape index (κ3) is 4.21. The summed E-state index contributed by atoms with van der Waals surface area (Å²) in [5, 5.41) is 9.87. The molecule has 0 spiro atoms. The molecule has 17 heavy (non-hydrogen) atoms. The molecule has 1 aliphatic carbocycles. The Hall–Kier alpha value is -0.170. The van der Waals surface area contributed by atoms with Crippen molar-refractivity contribution >= 4 is 10.2 Å². The zero-order valence-corrected chi connectivity index (χ0v) is 11.9.